The van der Waals surface area contributed by atoms with E-state index in [1.807, 2.05) is 6.92 Å². The van der Waals surface area contributed by atoms with Crippen LogP contribution in [0.15, 0.2) is 0 Å². The second-order valence-electron chi connectivity index (χ2n) is 1.33. The molecule has 1 N–H and O–H groups in total. The molecule has 1 nitrogen and oxygen atoms in total. The molecule has 0 aromatic carbocycles. The van der Waals surface area contributed by atoms with Crippen molar-refractivity contribution in [1.82, 2.24) is 0 Å². The standard InChI is InChI=1S/C3H8OS.C2H5.Hg/c1-2-3-5-4;1-2;/h4H,2-3H2,1H3;1H2,2H3;. The Morgan fingerprint density at radius 1 is 1.50 bits per heavy atom. The summed E-state index contributed by atoms with van der Waals surface area (Å²) in [4.78, 5) is 0. The normalized spacial score (nSPS) is 7.62. The molecule has 0 bridgehead atoms. The Labute approximate surface area is 72.4 Å². The summed E-state index contributed by atoms with van der Waals surface area (Å²) in [5.74, 6) is 0.861. The molecule has 0 aromatic heterocycles. The molecular formula is C5H13HgOS. The van der Waals surface area contributed by atoms with Gasteiger partial charge in [0.1, 0.15) is 0 Å². The minimum atomic E-state index is 0.861. The molecule has 0 fully saturated rings. The van der Waals surface area contributed by atoms with Gasteiger partial charge in [-0.2, -0.15) is 0 Å². The fraction of sp³-hybridized carbons (Fsp3) is 1.00. The second kappa shape index (κ2) is 15.7. The molecule has 0 saturated carbocycles. The van der Waals surface area contributed by atoms with Gasteiger partial charge in [-0.25, -0.2) is 0 Å². The molecule has 0 aliphatic carbocycles. The Balaban J connectivity index is 0. The van der Waals surface area contributed by atoms with Crippen molar-refractivity contribution >= 4 is 12.0 Å². The van der Waals surface area contributed by atoms with E-state index in [1.54, 1.807) is 0 Å². The first kappa shape index (κ1) is 12.0. The monoisotopic (exact) mass is 323 g/mol. The first-order valence-electron chi connectivity index (χ1n) is 2.89. The predicted octanol–water partition coefficient (Wildman–Crippen LogP) is 2.57. The number of hydrogen-bond donors (Lipinski definition) is 1. The third-order valence-corrected chi connectivity index (χ3v) is 0.886. The van der Waals surface area contributed by atoms with E-state index in [-0.39, 0.29) is 0 Å². The van der Waals surface area contributed by atoms with Crippen molar-refractivity contribution in [3.05, 3.63) is 0 Å². The molecular weight excluding hydrogens is 309 g/mol. The molecule has 47 valence electrons. The molecule has 0 aliphatic heterocycles. The molecule has 0 spiro atoms. The molecule has 0 unspecified atom stereocenters. The Hall–Kier alpha value is 1.25. The molecule has 0 heterocycles. The first-order valence-corrected chi connectivity index (χ1v) is 7.72. The van der Waals surface area contributed by atoms with E-state index in [1.165, 1.54) is 3.93 Å². The SMILES string of the molecule is CCCSO.C[CH2][Hg]. The summed E-state index contributed by atoms with van der Waals surface area (Å²) in [6, 6.07) is 0. The van der Waals surface area contributed by atoms with Crippen molar-refractivity contribution in [1.29, 1.82) is 0 Å². The van der Waals surface area contributed by atoms with Crippen molar-refractivity contribution < 1.29 is 30.7 Å². The van der Waals surface area contributed by atoms with Crippen LogP contribution in [-0.4, -0.2) is 10.3 Å². The molecule has 0 rings (SSSR count). The fourth-order valence-corrected chi connectivity index (χ4v) is 0.274. The second-order valence-corrected chi connectivity index (χ2v) is 5.89. The van der Waals surface area contributed by atoms with Crippen LogP contribution in [0.4, 0.5) is 0 Å². The summed E-state index contributed by atoms with van der Waals surface area (Å²) in [5, 5.41) is 0. The van der Waals surface area contributed by atoms with Crippen LogP contribution in [0.2, 0.25) is 3.93 Å². The van der Waals surface area contributed by atoms with Gasteiger partial charge in [0.15, 0.2) is 0 Å². The molecule has 0 amide bonds. The summed E-state index contributed by atoms with van der Waals surface area (Å²) >= 11 is 1.97. The van der Waals surface area contributed by atoms with E-state index in [9.17, 15) is 0 Å². The Morgan fingerprint density at radius 3 is 1.88 bits per heavy atom. The van der Waals surface area contributed by atoms with Crippen LogP contribution in [0, 0.1) is 0 Å². The van der Waals surface area contributed by atoms with Crippen molar-refractivity contribution in [2.45, 2.75) is 24.2 Å². The quantitative estimate of drug-likeness (QED) is 0.623. The predicted molar refractivity (Wildman–Crippen MR) is 35.9 cm³/mol. The van der Waals surface area contributed by atoms with E-state index < -0.39 is 0 Å². The van der Waals surface area contributed by atoms with Crippen molar-refractivity contribution in [3.63, 3.8) is 0 Å². The van der Waals surface area contributed by atoms with Gasteiger partial charge in [-0.05, 0) is 18.5 Å². The van der Waals surface area contributed by atoms with E-state index in [0.29, 0.717) is 0 Å². The van der Waals surface area contributed by atoms with Gasteiger partial charge in [-0.3, -0.25) is 0 Å². The van der Waals surface area contributed by atoms with Gasteiger partial charge in [0, 0.05) is 5.75 Å². The van der Waals surface area contributed by atoms with Gasteiger partial charge in [0.25, 0.3) is 0 Å². The Kier molecular flexibility index (Phi) is 23.5. The molecule has 3 heteroatoms. The van der Waals surface area contributed by atoms with Crippen molar-refractivity contribution in [3.8, 4) is 0 Å². The molecule has 8 heavy (non-hydrogen) atoms. The average Bonchev–Trinajstić information content (AvgIpc) is 1.71. The van der Waals surface area contributed by atoms with Crippen LogP contribution in [0.1, 0.15) is 20.3 Å². The Bertz CT molecular complexity index is 26.4. The first-order chi connectivity index (χ1) is 3.83. The fourth-order valence-electron chi connectivity index (χ4n) is 0.0913. The number of rotatable bonds is 2. The van der Waals surface area contributed by atoms with Crippen molar-refractivity contribution in [2.75, 3.05) is 5.75 Å². The average molecular weight is 322 g/mol. The van der Waals surface area contributed by atoms with Gasteiger partial charge >= 0.3 is 37.0 Å². The van der Waals surface area contributed by atoms with Crippen LogP contribution < -0.4 is 0 Å². The zero-order valence-electron chi connectivity index (χ0n) is 5.68. The molecule has 0 atom stereocenters. The summed E-state index contributed by atoms with van der Waals surface area (Å²) in [6.07, 6.45) is 1.06. The minimum absolute atomic E-state index is 0.861. The molecule has 0 aliphatic rings. The van der Waals surface area contributed by atoms with Crippen LogP contribution in [-0.2, 0) is 26.1 Å². The zero-order valence-corrected chi connectivity index (χ0v) is 12.0. The molecule has 0 saturated heterocycles. The van der Waals surface area contributed by atoms with E-state index in [2.05, 4.69) is 6.92 Å². The van der Waals surface area contributed by atoms with Crippen LogP contribution in [0.25, 0.3) is 0 Å². The summed E-state index contributed by atoms with van der Waals surface area (Å²) < 4.78 is 9.43. The van der Waals surface area contributed by atoms with Gasteiger partial charge in [0.05, 0.1) is 0 Å². The molecule has 0 aromatic rings. The number of hydrogen-bond acceptors (Lipinski definition) is 2. The third-order valence-electron chi connectivity index (χ3n) is 0.295. The topological polar surface area (TPSA) is 20.2 Å². The summed E-state index contributed by atoms with van der Waals surface area (Å²) in [7, 11) is 0. The van der Waals surface area contributed by atoms with Crippen LogP contribution >= 0.6 is 12.0 Å². The van der Waals surface area contributed by atoms with E-state index in [4.69, 9.17) is 4.55 Å². The third kappa shape index (κ3) is 26.8. The summed E-state index contributed by atoms with van der Waals surface area (Å²) in [6.45, 7) is 4.24. The van der Waals surface area contributed by atoms with Gasteiger partial charge < -0.3 is 4.55 Å². The molecule has 0 radical (unpaired) electrons. The van der Waals surface area contributed by atoms with Gasteiger partial charge in [-0.15, -0.1) is 0 Å². The van der Waals surface area contributed by atoms with Gasteiger partial charge in [-0.1, -0.05) is 6.92 Å². The maximum absolute atomic E-state index is 7.98. The zero-order chi connectivity index (χ0) is 6.83. The van der Waals surface area contributed by atoms with Crippen molar-refractivity contribution in [2.24, 2.45) is 0 Å². The van der Waals surface area contributed by atoms with Gasteiger partial charge in [0.2, 0.25) is 0 Å². The summed E-state index contributed by atoms with van der Waals surface area (Å²) in [5.41, 5.74) is 0. The Morgan fingerprint density at radius 2 is 1.88 bits per heavy atom. The van der Waals surface area contributed by atoms with E-state index >= 15 is 0 Å². The van der Waals surface area contributed by atoms with Crippen LogP contribution in [0.5, 0.6) is 0 Å². The van der Waals surface area contributed by atoms with Crippen LogP contribution in [0.3, 0.4) is 0 Å². The maximum atomic E-state index is 7.98. The van der Waals surface area contributed by atoms with E-state index in [0.717, 1.165) is 50.3 Å².